The van der Waals surface area contributed by atoms with Crippen LogP contribution in [0.2, 0.25) is 0 Å². The van der Waals surface area contributed by atoms with Gasteiger partial charge in [-0.15, -0.1) is 0 Å². The van der Waals surface area contributed by atoms with Gasteiger partial charge >= 0.3 is 12.1 Å². The van der Waals surface area contributed by atoms with Gasteiger partial charge in [-0.3, -0.25) is 0 Å². The summed E-state index contributed by atoms with van der Waals surface area (Å²) in [6, 6.07) is 0. The number of aryl methyl sites for hydroxylation is 1. The van der Waals surface area contributed by atoms with E-state index in [2.05, 4.69) is 6.92 Å². The highest BCUT2D eigenvalue weighted by Crippen LogP contribution is 2.20. The first kappa shape index (κ1) is 26.0. The van der Waals surface area contributed by atoms with Gasteiger partial charge in [-0.1, -0.05) is 64.7 Å². The lowest BCUT2D eigenvalue weighted by molar-refractivity contribution is 0.0222. The molecule has 0 N–H and O–H groups in total. The molecule has 6 nitrogen and oxygen atoms in total. The molecular weight excluding hydrogens is 389 g/mol. The Hall–Kier alpha value is -2.05. The lowest BCUT2D eigenvalue weighted by Gasteiger charge is -2.10. The van der Waals surface area contributed by atoms with E-state index in [0.717, 1.165) is 24.0 Å². The number of esters is 1. The fourth-order valence-corrected chi connectivity index (χ4v) is 3.23. The smallest absolute Gasteiger partial charge is 0.461 e. The highest BCUT2D eigenvalue weighted by atomic mass is 19.1. The Morgan fingerprint density at radius 2 is 1.53 bits per heavy atom. The predicted octanol–water partition coefficient (Wildman–Crippen LogP) is 6.24. The summed E-state index contributed by atoms with van der Waals surface area (Å²) in [5, 5.41) is 0. The second-order valence-electron chi connectivity index (χ2n) is 7.80. The number of ether oxygens (including phenoxy) is 2. The van der Waals surface area contributed by atoms with Crippen LogP contribution < -0.4 is 4.84 Å². The summed E-state index contributed by atoms with van der Waals surface area (Å²) in [4.78, 5) is 28.9. The van der Waals surface area contributed by atoms with Crippen LogP contribution in [0.25, 0.3) is 0 Å². The SMILES string of the molecule is CCCCCCCCCCCCc1cn(OC(=O)OC(C)C)c(C(=O)OCC)c1F. The summed E-state index contributed by atoms with van der Waals surface area (Å²) in [6.07, 6.45) is 12.2. The van der Waals surface area contributed by atoms with E-state index >= 15 is 0 Å². The average molecular weight is 428 g/mol. The van der Waals surface area contributed by atoms with Crippen LogP contribution >= 0.6 is 0 Å². The van der Waals surface area contributed by atoms with Crippen LogP contribution in [0.5, 0.6) is 0 Å². The molecule has 0 radical (unpaired) electrons. The molecule has 1 aromatic rings. The Balaban J connectivity index is 2.55. The van der Waals surface area contributed by atoms with Crippen molar-refractivity contribution in [1.82, 2.24) is 4.73 Å². The van der Waals surface area contributed by atoms with Crippen molar-refractivity contribution in [2.45, 2.75) is 104 Å². The van der Waals surface area contributed by atoms with Crippen molar-refractivity contribution in [2.75, 3.05) is 6.61 Å². The minimum atomic E-state index is -1.00. The van der Waals surface area contributed by atoms with Gasteiger partial charge in [-0.25, -0.2) is 14.0 Å². The highest BCUT2D eigenvalue weighted by Gasteiger charge is 2.26. The van der Waals surface area contributed by atoms with E-state index in [4.69, 9.17) is 14.3 Å². The summed E-state index contributed by atoms with van der Waals surface area (Å²) >= 11 is 0. The zero-order valence-electron chi connectivity index (χ0n) is 19.0. The Bertz CT molecular complexity index is 642. The van der Waals surface area contributed by atoms with E-state index < -0.39 is 29.7 Å². The Morgan fingerprint density at radius 1 is 0.967 bits per heavy atom. The summed E-state index contributed by atoms with van der Waals surface area (Å²) in [5.74, 6) is -1.58. The number of aromatic nitrogens is 1. The summed E-state index contributed by atoms with van der Waals surface area (Å²) < 4.78 is 25.4. The lowest BCUT2D eigenvalue weighted by atomic mass is 10.0. The number of hydrogen-bond acceptors (Lipinski definition) is 5. The minimum absolute atomic E-state index is 0.0909. The summed E-state index contributed by atoms with van der Waals surface area (Å²) in [7, 11) is 0. The third kappa shape index (κ3) is 9.63. The molecule has 0 aliphatic carbocycles. The van der Waals surface area contributed by atoms with Gasteiger partial charge in [0.1, 0.15) is 0 Å². The molecule has 0 aliphatic rings. The quantitative estimate of drug-likeness (QED) is 0.245. The molecule has 30 heavy (non-hydrogen) atoms. The van der Waals surface area contributed by atoms with Crippen LogP contribution in [0.1, 0.15) is 108 Å². The van der Waals surface area contributed by atoms with Crippen molar-refractivity contribution in [3.05, 3.63) is 23.3 Å². The van der Waals surface area contributed by atoms with Crippen LogP contribution in [0.3, 0.4) is 0 Å². The van der Waals surface area contributed by atoms with Crippen molar-refractivity contribution in [1.29, 1.82) is 0 Å². The van der Waals surface area contributed by atoms with Crippen molar-refractivity contribution >= 4 is 12.1 Å². The molecule has 0 atom stereocenters. The molecule has 0 bridgehead atoms. The van der Waals surface area contributed by atoms with Crippen molar-refractivity contribution in [2.24, 2.45) is 0 Å². The zero-order valence-corrected chi connectivity index (χ0v) is 19.0. The van der Waals surface area contributed by atoms with E-state index in [1.807, 2.05) is 0 Å². The van der Waals surface area contributed by atoms with Crippen LogP contribution in [0, 0.1) is 5.82 Å². The van der Waals surface area contributed by atoms with E-state index in [9.17, 15) is 14.0 Å². The van der Waals surface area contributed by atoms with Crippen LogP contribution in [0.4, 0.5) is 9.18 Å². The largest absolute Gasteiger partial charge is 0.534 e. The molecule has 1 heterocycles. The van der Waals surface area contributed by atoms with Crippen LogP contribution in [0.15, 0.2) is 6.20 Å². The molecular formula is C23H38FNO5. The summed E-state index contributed by atoms with van der Waals surface area (Å²) in [5.41, 5.74) is -0.0883. The highest BCUT2D eigenvalue weighted by molar-refractivity contribution is 5.88. The average Bonchev–Trinajstić information content (AvgIpc) is 2.97. The van der Waals surface area contributed by atoms with Gasteiger partial charge in [0.25, 0.3) is 0 Å². The van der Waals surface area contributed by atoms with Gasteiger partial charge in [0, 0.05) is 5.56 Å². The van der Waals surface area contributed by atoms with Gasteiger partial charge in [0.2, 0.25) is 5.69 Å². The fraction of sp³-hybridized carbons (Fsp3) is 0.739. The molecule has 0 amide bonds. The number of unbranched alkanes of at least 4 members (excludes halogenated alkanes) is 9. The van der Waals surface area contributed by atoms with E-state index in [-0.39, 0.29) is 6.61 Å². The second kappa shape index (κ2) is 14.9. The molecule has 0 saturated carbocycles. The standard InChI is InChI=1S/C23H38FNO5/c1-5-7-8-9-10-11-12-13-14-15-16-19-17-25(30-23(27)29-18(3)4)21(20(19)24)22(26)28-6-2/h17-18H,5-16H2,1-4H3. The van der Waals surface area contributed by atoms with Gasteiger partial charge in [0.15, 0.2) is 5.82 Å². The third-order valence-electron chi connectivity index (χ3n) is 4.76. The van der Waals surface area contributed by atoms with Crippen molar-refractivity contribution in [3.8, 4) is 0 Å². The molecule has 0 saturated heterocycles. The van der Waals surface area contributed by atoms with Gasteiger partial charge in [0.05, 0.1) is 18.9 Å². The summed E-state index contributed by atoms with van der Waals surface area (Å²) in [6.45, 7) is 7.27. The normalized spacial score (nSPS) is 11.0. The monoisotopic (exact) mass is 427 g/mol. The maximum absolute atomic E-state index is 14.8. The topological polar surface area (TPSA) is 66.8 Å². The predicted molar refractivity (Wildman–Crippen MR) is 114 cm³/mol. The molecule has 0 aromatic carbocycles. The molecule has 1 rings (SSSR count). The van der Waals surface area contributed by atoms with Gasteiger partial charge in [-0.2, -0.15) is 4.73 Å². The van der Waals surface area contributed by atoms with E-state index in [0.29, 0.717) is 12.0 Å². The van der Waals surface area contributed by atoms with Gasteiger partial charge < -0.3 is 14.3 Å². The zero-order chi connectivity index (χ0) is 22.4. The number of nitrogens with zero attached hydrogens (tertiary/aromatic N) is 1. The van der Waals surface area contributed by atoms with Crippen LogP contribution in [-0.2, 0) is 15.9 Å². The Labute approximate surface area is 180 Å². The second-order valence-corrected chi connectivity index (χ2v) is 7.80. The van der Waals surface area contributed by atoms with E-state index in [1.54, 1.807) is 20.8 Å². The first-order valence-corrected chi connectivity index (χ1v) is 11.4. The Kier molecular flexibility index (Phi) is 12.9. The van der Waals surface area contributed by atoms with Crippen molar-refractivity contribution in [3.63, 3.8) is 0 Å². The molecule has 0 aliphatic heterocycles. The molecule has 7 heteroatoms. The van der Waals surface area contributed by atoms with Crippen LogP contribution in [-0.4, -0.2) is 29.6 Å². The third-order valence-corrected chi connectivity index (χ3v) is 4.76. The first-order valence-electron chi connectivity index (χ1n) is 11.4. The molecule has 172 valence electrons. The molecule has 0 fully saturated rings. The first-order chi connectivity index (χ1) is 14.4. The number of carbonyl (C=O) groups excluding carboxylic acids is 2. The maximum Gasteiger partial charge on any atom is 0.534 e. The van der Waals surface area contributed by atoms with Gasteiger partial charge in [-0.05, 0) is 33.6 Å². The maximum atomic E-state index is 14.8. The molecule has 0 spiro atoms. The fourth-order valence-electron chi connectivity index (χ4n) is 3.23. The Morgan fingerprint density at radius 3 is 2.07 bits per heavy atom. The number of rotatable bonds is 15. The number of halogens is 1. The van der Waals surface area contributed by atoms with Crippen molar-refractivity contribution < 1.29 is 28.3 Å². The molecule has 1 aromatic heterocycles. The lowest BCUT2D eigenvalue weighted by Crippen LogP contribution is -2.26. The number of hydrogen-bond donors (Lipinski definition) is 0. The minimum Gasteiger partial charge on any atom is -0.461 e. The van der Waals surface area contributed by atoms with E-state index in [1.165, 1.54) is 51.1 Å². The number of carbonyl (C=O) groups is 2. The molecule has 0 unspecified atom stereocenters.